The Balaban J connectivity index is 3.94. The molecule has 0 bridgehead atoms. The second-order valence-electron chi connectivity index (χ2n) is 7.70. The van der Waals surface area contributed by atoms with Gasteiger partial charge in [0.2, 0.25) is 0 Å². The maximum atomic E-state index is 12.1. The minimum Gasteiger partial charge on any atom is -0.466 e. The number of rotatable bonds is 17. The monoisotopic (exact) mass is 370 g/mol. The van der Waals surface area contributed by atoms with Gasteiger partial charge in [-0.05, 0) is 19.3 Å². The summed E-state index contributed by atoms with van der Waals surface area (Å²) in [5.74, 6) is -0.598. The van der Waals surface area contributed by atoms with Gasteiger partial charge >= 0.3 is 11.9 Å². The van der Waals surface area contributed by atoms with Crippen LogP contribution in [0.4, 0.5) is 0 Å². The summed E-state index contributed by atoms with van der Waals surface area (Å²) in [5, 5.41) is 0. The number of hydrogen-bond acceptors (Lipinski definition) is 4. The Morgan fingerprint density at radius 3 is 1.81 bits per heavy atom. The standard InChI is InChI=1S/C22H42O4/c1-5-7-8-9-10-11-12-13-14-15-16-20(22(24)25-6-2)17-21(23)26-18-19(3)4/h19-20H,5-18H2,1-4H3. The van der Waals surface area contributed by atoms with E-state index in [1.54, 1.807) is 6.92 Å². The van der Waals surface area contributed by atoms with Crippen LogP contribution in [0.5, 0.6) is 0 Å². The molecule has 26 heavy (non-hydrogen) atoms. The highest BCUT2D eigenvalue weighted by atomic mass is 16.5. The molecule has 0 aromatic carbocycles. The molecule has 0 saturated carbocycles. The van der Waals surface area contributed by atoms with Gasteiger partial charge in [0.1, 0.15) is 0 Å². The minimum atomic E-state index is -0.358. The van der Waals surface area contributed by atoms with Crippen LogP contribution in [0.2, 0.25) is 0 Å². The lowest BCUT2D eigenvalue weighted by Gasteiger charge is -2.15. The van der Waals surface area contributed by atoms with Crippen LogP contribution < -0.4 is 0 Å². The van der Waals surface area contributed by atoms with Crippen LogP contribution >= 0.6 is 0 Å². The van der Waals surface area contributed by atoms with Gasteiger partial charge in [0.05, 0.1) is 25.6 Å². The van der Waals surface area contributed by atoms with Crippen molar-refractivity contribution in [2.45, 2.75) is 105 Å². The van der Waals surface area contributed by atoms with Gasteiger partial charge in [-0.15, -0.1) is 0 Å². The lowest BCUT2D eigenvalue weighted by atomic mass is 9.97. The van der Waals surface area contributed by atoms with Gasteiger partial charge in [-0.2, -0.15) is 0 Å². The van der Waals surface area contributed by atoms with Gasteiger partial charge in [-0.1, -0.05) is 85.0 Å². The van der Waals surface area contributed by atoms with Crippen molar-refractivity contribution in [1.29, 1.82) is 0 Å². The van der Waals surface area contributed by atoms with Crippen molar-refractivity contribution in [3.8, 4) is 0 Å². The number of hydrogen-bond donors (Lipinski definition) is 0. The molecule has 0 radical (unpaired) electrons. The number of esters is 2. The van der Waals surface area contributed by atoms with Crippen LogP contribution in [-0.4, -0.2) is 25.2 Å². The first-order chi connectivity index (χ1) is 12.5. The van der Waals surface area contributed by atoms with Gasteiger partial charge in [0, 0.05) is 0 Å². The Labute approximate surface area is 161 Å². The Hall–Kier alpha value is -1.06. The molecule has 0 aromatic heterocycles. The van der Waals surface area contributed by atoms with Crippen molar-refractivity contribution >= 4 is 11.9 Å². The second-order valence-corrected chi connectivity index (χ2v) is 7.70. The SMILES string of the molecule is CCCCCCCCCCCCC(CC(=O)OCC(C)C)C(=O)OCC. The number of carbonyl (C=O) groups is 2. The molecule has 0 aliphatic rings. The Kier molecular flexibility index (Phi) is 16.7. The van der Waals surface area contributed by atoms with Crippen molar-refractivity contribution in [1.82, 2.24) is 0 Å². The van der Waals surface area contributed by atoms with E-state index >= 15 is 0 Å². The normalized spacial score (nSPS) is 12.2. The van der Waals surface area contributed by atoms with Crippen molar-refractivity contribution < 1.29 is 19.1 Å². The largest absolute Gasteiger partial charge is 0.466 e. The molecule has 0 spiro atoms. The van der Waals surface area contributed by atoms with E-state index in [9.17, 15) is 9.59 Å². The smallest absolute Gasteiger partial charge is 0.309 e. The van der Waals surface area contributed by atoms with Gasteiger partial charge in [0.15, 0.2) is 0 Å². The lowest BCUT2D eigenvalue weighted by Crippen LogP contribution is -2.23. The van der Waals surface area contributed by atoms with Gasteiger partial charge in [-0.25, -0.2) is 0 Å². The molecular weight excluding hydrogens is 328 g/mol. The molecule has 0 aliphatic carbocycles. The van der Waals surface area contributed by atoms with Crippen LogP contribution in [-0.2, 0) is 19.1 Å². The van der Waals surface area contributed by atoms with Crippen molar-refractivity contribution in [3.63, 3.8) is 0 Å². The Morgan fingerprint density at radius 2 is 1.31 bits per heavy atom. The van der Waals surface area contributed by atoms with E-state index in [1.807, 2.05) is 13.8 Å². The van der Waals surface area contributed by atoms with Crippen LogP contribution in [0.3, 0.4) is 0 Å². The second kappa shape index (κ2) is 17.4. The Bertz CT molecular complexity index is 352. The van der Waals surface area contributed by atoms with E-state index in [0.29, 0.717) is 25.6 Å². The molecule has 154 valence electrons. The average molecular weight is 371 g/mol. The first-order valence-electron chi connectivity index (χ1n) is 10.8. The van der Waals surface area contributed by atoms with Crippen LogP contribution in [0.15, 0.2) is 0 Å². The molecule has 4 nitrogen and oxygen atoms in total. The zero-order chi connectivity index (χ0) is 19.6. The zero-order valence-electron chi connectivity index (χ0n) is 17.7. The van der Waals surface area contributed by atoms with E-state index < -0.39 is 0 Å². The van der Waals surface area contributed by atoms with Crippen LogP contribution in [0, 0.1) is 11.8 Å². The van der Waals surface area contributed by atoms with E-state index in [2.05, 4.69) is 6.92 Å². The van der Waals surface area contributed by atoms with Crippen LogP contribution in [0.25, 0.3) is 0 Å². The zero-order valence-corrected chi connectivity index (χ0v) is 17.7. The minimum absolute atomic E-state index is 0.142. The predicted molar refractivity (Wildman–Crippen MR) is 107 cm³/mol. The summed E-state index contributed by atoms with van der Waals surface area (Å²) in [6.07, 6.45) is 13.5. The van der Waals surface area contributed by atoms with E-state index in [-0.39, 0.29) is 24.3 Å². The third-order valence-electron chi connectivity index (χ3n) is 4.52. The summed E-state index contributed by atoms with van der Waals surface area (Å²) >= 11 is 0. The Morgan fingerprint density at radius 1 is 0.769 bits per heavy atom. The number of carbonyl (C=O) groups excluding carboxylic acids is 2. The fourth-order valence-electron chi connectivity index (χ4n) is 2.96. The molecule has 0 aromatic rings. The maximum absolute atomic E-state index is 12.1. The molecule has 0 heterocycles. The van der Waals surface area contributed by atoms with E-state index in [1.165, 1.54) is 51.4 Å². The van der Waals surface area contributed by atoms with Crippen molar-refractivity contribution in [3.05, 3.63) is 0 Å². The summed E-state index contributed by atoms with van der Waals surface area (Å²) < 4.78 is 10.3. The highest BCUT2D eigenvalue weighted by Crippen LogP contribution is 2.18. The fraction of sp³-hybridized carbons (Fsp3) is 0.909. The van der Waals surface area contributed by atoms with E-state index in [0.717, 1.165) is 12.8 Å². The molecular formula is C22H42O4. The third kappa shape index (κ3) is 15.2. The average Bonchev–Trinajstić information content (AvgIpc) is 2.60. The molecule has 4 heteroatoms. The lowest BCUT2D eigenvalue weighted by molar-refractivity contribution is -0.155. The van der Waals surface area contributed by atoms with Gasteiger partial charge in [0.25, 0.3) is 0 Å². The first-order valence-corrected chi connectivity index (χ1v) is 10.8. The van der Waals surface area contributed by atoms with Gasteiger partial charge in [-0.3, -0.25) is 9.59 Å². The maximum Gasteiger partial charge on any atom is 0.309 e. The molecule has 0 rings (SSSR count). The van der Waals surface area contributed by atoms with Crippen LogP contribution in [0.1, 0.15) is 105 Å². The summed E-state index contributed by atoms with van der Waals surface area (Å²) in [6.45, 7) is 8.81. The number of unbranched alkanes of at least 4 members (excludes halogenated alkanes) is 9. The summed E-state index contributed by atoms with van der Waals surface area (Å²) in [6, 6.07) is 0. The molecule has 1 unspecified atom stereocenters. The van der Waals surface area contributed by atoms with Gasteiger partial charge < -0.3 is 9.47 Å². The predicted octanol–water partition coefficient (Wildman–Crippen LogP) is 6.07. The molecule has 1 atom stereocenters. The third-order valence-corrected chi connectivity index (χ3v) is 4.52. The highest BCUT2D eigenvalue weighted by Gasteiger charge is 2.23. The fourth-order valence-corrected chi connectivity index (χ4v) is 2.96. The summed E-state index contributed by atoms with van der Waals surface area (Å²) in [5.41, 5.74) is 0. The molecule has 0 aliphatic heterocycles. The summed E-state index contributed by atoms with van der Waals surface area (Å²) in [7, 11) is 0. The van der Waals surface area contributed by atoms with E-state index in [4.69, 9.17) is 9.47 Å². The van der Waals surface area contributed by atoms with Crippen molar-refractivity contribution in [2.24, 2.45) is 11.8 Å². The molecule has 0 N–H and O–H groups in total. The molecule has 0 saturated heterocycles. The van der Waals surface area contributed by atoms with Crippen molar-refractivity contribution in [2.75, 3.05) is 13.2 Å². The molecule has 0 fully saturated rings. The first kappa shape index (κ1) is 24.9. The topological polar surface area (TPSA) is 52.6 Å². The quantitative estimate of drug-likeness (QED) is 0.230. The highest BCUT2D eigenvalue weighted by molar-refractivity contribution is 5.79. The molecule has 0 amide bonds. The number of ether oxygens (including phenoxy) is 2. The summed E-state index contributed by atoms with van der Waals surface area (Å²) in [4.78, 5) is 24.0.